The number of anilines is 2. The summed E-state index contributed by atoms with van der Waals surface area (Å²) in [5.41, 5.74) is 8.13. The van der Waals surface area contributed by atoms with E-state index in [1.807, 2.05) is 17.0 Å². The minimum atomic E-state index is -3.62. The molecule has 186 valence electrons. The van der Waals surface area contributed by atoms with Crippen LogP contribution in [0.5, 0.6) is 0 Å². The van der Waals surface area contributed by atoms with Crippen LogP contribution in [-0.2, 0) is 16.4 Å². The molecule has 2 aromatic carbocycles. The Morgan fingerprint density at radius 3 is 2.54 bits per heavy atom. The van der Waals surface area contributed by atoms with Crippen molar-refractivity contribution in [3.05, 3.63) is 53.1 Å². The monoisotopic (exact) mass is 523 g/mol. The number of rotatable bonds is 4. The fourth-order valence-electron chi connectivity index (χ4n) is 4.41. The normalized spacial score (nSPS) is 21.4. The second-order valence-corrected chi connectivity index (χ2v) is 11.4. The summed E-state index contributed by atoms with van der Waals surface area (Å²) < 4.78 is 58.8. The molecule has 1 saturated heterocycles. The summed E-state index contributed by atoms with van der Waals surface area (Å²) in [4.78, 5) is 3.73. The number of benzene rings is 2. The van der Waals surface area contributed by atoms with E-state index < -0.39 is 21.8 Å². The maximum absolute atomic E-state index is 13.5. The van der Waals surface area contributed by atoms with Crippen LogP contribution in [0.3, 0.4) is 0 Å². The van der Waals surface area contributed by atoms with Gasteiger partial charge in [-0.1, -0.05) is 28.8 Å². The van der Waals surface area contributed by atoms with Gasteiger partial charge in [0.2, 0.25) is 5.89 Å². The molecule has 1 aromatic heterocycles. The molecule has 2 aliphatic heterocycles. The fourth-order valence-corrected chi connectivity index (χ4v) is 6.17. The van der Waals surface area contributed by atoms with Crippen molar-refractivity contribution >= 4 is 33.1 Å². The number of alkyl halides is 2. The van der Waals surface area contributed by atoms with Gasteiger partial charge >= 0.3 is 6.01 Å². The van der Waals surface area contributed by atoms with Gasteiger partial charge in [-0.15, -0.1) is 5.10 Å². The molecule has 0 unspecified atom stereocenters. The Morgan fingerprint density at radius 1 is 1.11 bits per heavy atom. The molecule has 2 aliphatic rings. The minimum absolute atomic E-state index is 0.115. The summed E-state index contributed by atoms with van der Waals surface area (Å²) in [7, 11) is -3.62. The van der Waals surface area contributed by atoms with Crippen molar-refractivity contribution in [1.82, 2.24) is 10.2 Å². The number of piperidine rings is 1. The molecule has 0 saturated carbocycles. The van der Waals surface area contributed by atoms with Crippen LogP contribution in [0.25, 0.3) is 11.5 Å². The maximum atomic E-state index is 13.5. The molecule has 12 heteroatoms. The highest BCUT2D eigenvalue weighted by Crippen LogP contribution is 2.36. The molecule has 1 atom stereocenters. The molecule has 3 heterocycles. The van der Waals surface area contributed by atoms with Gasteiger partial charge in [0, 0.05) is 55.6 Å². The number of nitrogens with two attached hydrogens (primary N) is 1. The van der Waals surface area contributed by atoms with E-state index in [4.69, 9.17) is 21.8 Å². The predicted molar refractivity (Wildman–Crippen MR) is 129 cm³/mol. The van der Waals surface area contributed by atoms with Crippen molar-refractivity contribution in [3.63, 3.8) is 0 Å². The molecule has 1 fully saturated rings. The second kappa shape index (κ2) is 9.03. The fraction of sp³-hybridized carbons (Fsp3) is 0.391. The van der Waals surface area contributed by atoms with Crippen molar-refractivity contribution in [2.75, 3.05) is 35.2 Å². The molecule has 5 rings (SSSR count). The number of hydrogen-bond donors (Lipinski definition) is 1. The van der Waals surface area contributed by atoms with Crippen molar-refractivity contribution in [2.24, 2.45) is 5.73 Å². The van der Waals surface area contributed by atoms with Crippen LogP contribution in [0.15, 0.2) is 51.8 Å². The van der Waals surface area contributed by atoms with E-state index in [-0.39, 0.29) is 48.5 Å². The summed E-state index contributed by atoms with van der Waals surface area (Å²) in [6.45, 7) is 0.983. The van der Waals surface area contributed by atoms with Crippen molar-refractivity contribution in [1.29, 1.82) is 0 Å². The van der Waals surface area contributed by atoms with Gasteiger partial charge < -0.3 is 20.0 Å². The molecule has 0 spiro atoms. The SMILES string of the molecule is N[C@@H]1CN(Cc2ccc(Cl)cc2)c2cc(-c3nnc(N4CCC(F)(F)CC4)o3)ccc2S(=O)(=O)C1. The zero-order valence-corrected chi connectivity index (χ0v) is 20.3. The molecule has 0 bridgehead atoms. The lowest BCUT2D eigenvalue weighted by Gasteiger charge is -2.30. The van der Waals surface area contributed by atoms with E-state index in [1.54, 1.807) is 29.2 Å². The standard InChI is InChI=1S/C23H24ClF2N5O3S/c24-17-4-1-15(2-5-17)12-31-13-18(27)14-35(32,33)20-6-3-16(11-19(20)31)21-28-29-22(34-21)30-9-7-23(25,26)8-10-30/h1-6,11,18H,7-10,12-14,27H2/t18-/m1/s1. The van der Waals surface area contributed by atoms with E-state index in [0.717, 1.165) is 5.56 Å². The topological polar surface area (TPSA) is 106 Å². The van der Waals surface area contributed by atoms with Crippen molar-refractivity contribution < 1.29 is 21.6 Å². The smallest absolute Gasteiger partial charge is 0.318 e. The maximum Gasteiger partial charge on any atom is 0.318 e. The highest BCUT2D eigenvalue weighted by atomic mass is 35.5. The van der Waals surface area contributed by atoms with Gasteiger partial charge in [-0.2, -0.15) is 0 Å². The zero-order chi connectivity index (χ0) is 24.8. The minimum Gasteiger partial charge on any atom is -0.403 e. The summed E-state index contributed by atoms with van der Waals surface area (Å²) in [5, 5.41) is 8.73. The zero-order valence-electron chi connectivity index (χ0n) is 18.7. The summed E-state index contributed by atoms with van der Waals surface area (Å²) >= 11 is 6.01. The Labute approximate surface area is 206 Å². The van der Waals surface area contributed by atoms with Gasteiger partial charge in [-0.3, -0.25) is 0 Å². The first-order chi connectivity index (χ1) is 16.6. The number of sulfone groups is 1. The number of aromatic nitrogens is 2. The van der Waals surface area contributed by atoms with Gasteiger partial charge in [0.05, 0.1) is 16.3 Å². The van der Waals surface area contributed by atoms with E-state index in [2.05, 4.69) is 10.2 Å². The predicted octanol–water partition coefficient (Wildman–Crippen LogP) is 3.75. The first-order valence-corrected chi connectivity index (χ1v) is 13.2. The lowest BCUT2D eigenvalue weighted by atomic mass is 10.1. The summed E-state index contributed by atoms with van der Waals surface area (Å²) in [6.07, 6.45) is -0.553. The molecule has 8 nitrogen and oxygen atoms in total. The quantitative estimate of drug-likeness (QED) is 0.551. The molecule has 3 aromatic rings. The lowest BCUT2D eigenvalue weighted by molar-refractivity contribution is -0.0226. The van der Waals surface area contributed by atoms with Gasteiger partial charge in [-0.05, 0) is 35.9 Å². The highest BCUT2D eigenvalue weighted by Gasteiger charge is 2.36. The Bertz CT molecular complexity index is 1320. The van der Waals surface area contributed by atoms with E-state index >= 15 is 0 Å². The third-order valence-corrected chi connectivity index (χ3v) is 8.37. The average Bonchev–Trinajstić information content (AvgIpc) is 3.26. The first kappa shape index (κ1) is 24.0. The lowest BCUT2D eigenvalue weighted by Crippen LogP contribution is -2.39. The molecular weight excluding hydrogens is 500 g/mol. The van der Waals surface area contributed by atoms with Crippen LogP contribution in [0.1, 0.15) is 18.4 Å². The first-order valence-electron chi connectivity index (χ1n) is 11.2. The van der Waals surface area contributed by atoms with Crippen molar-refractivity contribution in [2.45, 2.75) is 36.2 Å². The molecular formula is C23H24ClF2N5O3S. The van der Waals surface area contributed by atoms with E-state index in [9.17, 15) is 17.2 Å². The molecule has 35 heavy (non-hydrogen) atoms. The van der Waals surface area contributed by atoms with E-state index in [0.29, 0.717) is 29.4 Å². The van der Waals surface area contributed by atoms with Crippen LogP contribution >= 0.6 is 11.6 Å². The number of nitrogens with zero attached hydrogens (tertiary/aromatic N) is 4. The number of halogens is 3. The molecule has 0 amide bonds. The number of fused-ring (bicyclic) bond motifs is 1. The third-order valence-electron chi connectivity index (χ3n) is 6.24. The average molecular weight is 524 g/mol. The molecule has 0 aliphatic carbocycles. The van der Waals surface area contributed by atoms with Crippen LogP contribution in [0.2, 0.25) is 5.02 Å². The van der Waals surface area contributed by atoms with Gasteiger partial charge in [0.1, 0.15) is 0 Å². The summed E-state index contributed by atoms with van der Waals surface area (Å²) in [5.74, 6) is -2.67. The van der Waals surface area contributed by atoms with Crippen LogP contribution in [0.4, 0.5) is 20.5 Å². The highest BCUT2D eigenvalue weighted by molar-refractivity contribution is 7.91. The van der Waals surface area contributed by atoms with E-state index in [1.165, 1.54) is 6.07 Å². The van der Waals surface area contributed by atoms with Crippen LogP contribution < -0.4 is 15.5 Å². The van der Waals surface area contributed by atoms with Gasteiger partial charge in [-0.25, -0.2) is 17.2 Å². The third kappa shape index (κ3) is 5.12. The van der Waals surface area contributed by atoms with Gasteiger partial charge in [0.15, 0.2) is 9.84 Å². The largest absolute Gasteiger partial charge is 0.403 e. The second-order valence-electron chi connectivity index (χ2n) is 8.96. The summed E-state index contributed by atoms with van der Waals surface area (Å²) in [6, 6.07) is 11.7. The van der Waals surface area contributed by atoms with Crippen LogP contribution in [0, 0.1) is 0 Å². The Morgan fingerprint density at radius 2 is 1.83 bits per heavy atom. The van der Waals surface area contributed by atoms with Crippen molar-refractivity contribution in [3.8, 4) is 11.5 Å². The Hall–Kier alpha value is -2.76. The molecule has 2 N–H and O–H groups in total. The van der Waals surface area contributed by atoms with Gasteiger partial charge in [0.25, 0.3) is 5.92 Å². The Balaban J connectivity index is 1.48. The molecule has 0 radical (unpaired) electrons. The number of hydrogen-bond acceptors (Lipinski definition) is 8. The van der Waals surface area contributed by atoms with Crippen LogP contribution in [-0.4, -0.2) is 56.0 Å². The Kier molecular flexibility index (Phi) is 6.18.